The lowest BCUT2D eigenvalue weighted by atomic mass is 9.96. The summed E-state index contributed by atoms with van der Waals surface area (Å²) in [7, 11) is 0. The van der Waals surface area contributed by atoms with E-state index < -0.39 is 0 Å². The van der Waals surface area contributed by atoms with Crippen molar-refractivity contribution in [3.8, 4) is 0 Å². The number of nitrogens with one attached hydrogen (secondary N) is 1. The Bertz CT molecular complexity index is 348. The van der Waals surface area contributed by atoms with Crippen LogP contribution in [0.25, 0.3) is 0 Å². The summed E-state index contributed by atoms with van der Waals surface area (Å²) in [5.41, 5.74) is 0. The number of aryl methyl sites for hydroxylation is 1. The van der Waals surface area contributed by atoms with Gasteiger partial charge in [-0.2, -0.15) is 0 Å². The zero-order valence-electron chi connectivity index (χ0n) is 11.0. The molecule has 17 heavy (non-hydrogen) atoms. The lowest BCUT2D eigenvalue weighted by Crippen LogP contribution is -2.35. The summed E-state index contributed by atoms with van der Waals surface area (Å²) < 4.78 is 11.6. The fourth-order valence-electron chi connectivity index (χ4n) is 2.44. The molecule has 0 aliphatic carbocycles. The van der Waals surface area contributed by atoms with Crippen LogP contribution in [-0.4, -0.2) is 19.3 Å². The number of furan rings is 1. The second kappa shape index (κ2) is 5.69. The molecule has 1 aromatic heterocycles. The van der Waals surface area contributed by atoms with Crippen LogP contribution in [0.5, 0.6) is 0 Å². The van der Waals surface area contributed by atoms with Crippen molar-refractivity contribution in [2.45, 2.75) is 45.8 Å². The number of hydrogen-bond donors (Lipinski definition) is 1. The monoisotopic (exact) mass is 237 g/mol. The molecule has 1 aromatic rings. The largest absolute Gasteiger partial charge is 0.465 e. The normalized spacial score (nSPS) is 26.3. The van der Waals surface area contributed by atoms with E-state index in [0.717, 1.165) is 37.5 Å². The molecule has 3 nitrogen and oxygen atoms in total. The molecule has 3 atom stereocenters. The van der Waals surface area contributed by atoms with Crippen molar-refractivity contribution in [1.29, 1.82) is 0 Å². The van der Waals surface area contributed by atoms with Gasteiger partial charge in [0.2, 0.25) is 0 Å². The Morgan fingerprint density at radius 1 is 1.47 bits per heavy atom. The maximum Gasteiger partial charge on any atom is 0.123 e. The third-order valence-electron chi connectivity index (χ3n) is 3.45. The minimum absolute atomic E-state index is 0.196. The molecule has 0 bridgehead atoms. The SMILES string of the molecule is CCCNC(c1ccc(C)o1)C1OCCC1C. The van der Waals surface area contributed by atoms with Crippen LogP contribution in [0.3, 0.4) is 0 Å². The van der Waals surface area contributed by atoms with Gasteiger partial charge in [0.05, 0.1) is 12.1 Å². The standard InChI is InChI=1S/C14H23NO2/c1-4-8-15-13(12-6-5-11(3)17-12)14-10(2)7-9-16-14/h5-6,10,13-15H,4,7-9H2,1-3H3. The summed E-state index contributed by atoms with van der Waals surface area (Å²) in [6.45, 7) is 8.29. The Labute approximate surface area is 104 Å². The van der Waals surface area contributed by atoms with Gasteiger partial charge in [0, 0.05) is 6.61 Å². The summed E-state index contributed by atoms with van der Waals surface area (Å²) in [5.74, 6) is 2.57. The van der Waals surface area contributed by atoms with Gasteiger partial charge in [-0.1, -0.05) is 13.8 Å². The molecule has 1 N–H and O–H groups in total. The average molecular weight is 237 g/mol. The lowest BCUT2D eigenvalue weighted by molar-refractivity contribution is 0.0536. The maximum absolute atomic E-state index is 5.87. The van der Waals surface area contributed by atoms with E-state index in [4.69, 9.17) is 9.15 Å². The van der Waals surface area contributed by atoms with Gasteiger partial charge in [0.25, 0.3) is 0 Å². The molecule has 0 saturated carbocycles. The van der Waals surface area contributed by atoms with Gasteiger partial charge >= 0.3 is 0 Å². The van der Waals surface area contributed by atoms with Crippen LogP contribution in [0.1, 0.15) is 44.3 Å². The molecule has 1 saturated heterocycles. The number of hydrogen-bond acceptors (Lipinski definition) is 3. The van der Waals surface area contributed by atoms with Gasteiger partial charge in [0.15, 0.2) is 0 Å². The van der Waals surface area contributed by atoms with Crippen molar-refractivity contribution in [1.82, 2.24) is 5.32 Å². The van der Waals surface area contributed by atoms with Crippen molar-refractivity contribution in [2.24, 2.45) is 5.92 Å². The molecule has 1 fully saturated rings. The first-order valence-electron chi connectivity index (χ1n) is 6.63. The maximum atomic E-state index is 5.87. The summed E-state index contributed by atoms with van der Waals surface area (Å²) >= 11 is 0. The first kappa shape index (κ1) is 12.7. The molecule has 0 radical (unpaired) electrons. The van der Waals surface area contributed by atoms with E-state index in [1.54, 1.807) is 0 Å². The topological polar surface area (TPSA) is 34.4 Å². The Kier molecular flexibility index (Phi) is 4.24. The van der Waals surface area contributed by atoms with Crippen LogP contribution in [0, 0.1) is 12.8 Å². The summed E-state index contributed by atoms with van der Waals surface area (Å²) in [6.07, 6.45) is 2.51. The minimum atomic E-state index is 0.196. The van der Waals surface area contributed by atoms with E-state index in [-0.39, 0.29) is 12.1 Å². The van der Waals surface area contributed by atoms with Gasteiger partial charge < -0.3 is 14.5 Å². The molecular weight excluding hydrogens is 214 g/mol. The van der Waals surface area contributed by atoms with Crippen molar-refractivity contribution in [3.05, 3.63) is 23.7 Å². The predicted octanol–water partition coefficient (Wildman–Crippen LogP) is 3.05. The van der Waals surface area contributed by atoms with Crippen LogP contribution >= 0.6 is 0 Å². The molecule has 0 aromatic carbocycles. The Morgan fingerprint density at radius 3 is 2.82 bits per heavy atom. The molecule has 3 heteroatoms. The smallest absolute Gasteiger partial charge is 0.123 e. The highest BCUT2D eigenvalue weighted by atomic mass is 16.5. The lowest BCUT2D eigenvalue weighted by Gasteiger charge is -2.25. The molecule has 96 valence electrons. The first-order chi connectivity index (χ1) is 8.22. The van der Waals surface area contributed by atoms with Crippen LogP contribution < -0.4 is 5.32 Å². The molecular formula is C14H23NO2. The van der Waals surface area contributed by atoms with E-state index in [1.807, 2.05) is 13.0 Å². The second-order valence-corrected chi connectivity index (χ2v) is 4.98. The fraction of sp³-hybridized carbons (Fsp3) is 0.714. The quantitative estimate of drug-likeness (QED) is 0.854. The zero-order chi connectivity index (χ0) is 12.3. The second-order valence-electron chi connectivity index (χ2n) is 4.98. The highest BCUT2D eigenvalue weighted by molar-refractivity contribution is 5.12. The van der Waals surface area contributed by atoms with Gasteiger partial charge in [-0.25, -0.2) is 0 Å². The number of ether oxygens (including phenoxy) is 1. The third-order valence-corrected chi connectivity index (χ3v) is 3.45. The van der Waals surface area contributed by atoms with Gasteiger partial charge in [-0.15, -0.1) is 0 Å². The van der Waals surface area contributed by atoms with E-state index in [0.29, 0.717) is 5.92 Å². The van der Waals surface area contributed by atoms with E-state index in [9.17, 15) is 0 Å². The van der Waals surface area contributed by atoms with Crippen molar-refractivity contribution >= 4 is 0 Å². The molecule has 2 rings (SSSR count). The molecule has 1 aliphatic heterocycles. The van der Waals surface area contributed by atoms with Crippen molar-refractivity contribution in [2.75, 3.05) is 13.2 Å². The fourth-order valence-corrected chi connectivity index (χ4v) is 2.44. The van der Waals surface area contributed by atoms with E-state index in [1.165, 1.54) is 0 Å². The van der Waals surface area contributed by atoms with E-state index in [2.05, 4.69) is 25.2 Å². The Morgan fingerprint density at radius 2 is 2.29 bits per heavy atom. The minimum Gasteiger partial charge on any atom is -0.465 e. The first-order valence-corrected chi connectivity index (χ1v) is 6.63. The highest BCUT2D eigenvalue weighted by Crippen LogP contribution is 2.32. The highest BCUT2D eigenvalue weighted by Gasteiger charge is 2.34. The Balaban J connectivity index is 2.12. The third kappa shape index (κ3) is 2.90. The average Bonchev–Trinajstić information content (AvgIpc) is 2.90. The summed E-state index contributed by atoms with van der Waals surface area (Å²) in [4.78, 5) is 0. The molecule has 1 aliphatic rings. The van der Waals surface area contributed by atoms with Gasteiger partial charge in [-0.3, -0.25) is 0 Å². The zero-order valence-corrected chi connectivity index (χ0v) is 11.0. The molecule has 3 unspecified atom stereocenters. The van der Waals surface area contributed by atoms with Crippen LogP contribution in [0.4, 0.5) is 0 Å². The van der Waals surface area contributed by atoms with Crippen molar-refractivity contribution < 1.29 is 9.15 Å². The molecule has 2 heterocycles. The van der Waals surface area contributed by atoms with Gasteiger partial charge in [-0.05, 0) is 44.4 Å². The van der Waals surface area contributed by atoms with E-state index >= 15 is 0 Å². The molecule has 0 spiro atoms. The molecule has 0 amide bonds. The summed E-state index contributed by atoms with van der Waals surface area (Å²) in [5, 5.41) is 3.55. The Hall–Kier alpha value is -0.800. The van der Waals surface area contributed by atoms with Crippen LogP contribution in [-0.2, 0) is 4.74 Å². The van der Waals surface area contributed by atoms with Gasteiger partial charge in [0.1, 0.15) is 11.5 Å². The summed E-state index contributed by atoms with van der Waals surface area (Å²) in [6, 6.07) is 4.29. The van der Waals surface area contributed by atoms with Crippen LogP contribution in [0.15, 0.2) is 16.5 Å². The van der Waals surface area contributed by atoms with Crippen molar-refractivity contribution in [3.63, 3.8) is 0 Å². The van der Waals surface area contributed by atoms with Crippen LogP contribution in [0.2, 0.25) is 0 Å². The predicted molar refractivity (Wildman–Crippen MR) is 68.0 cm³/mol. The number of rotatable bonds is 5.